The summed E-state index contributed by atoms with van der Waals surface area (Å²) in [5.74, 6) is 0. The molecule has 27 heavy (non-hydrogen) atoms. The third kappa shape index (κ3) is 8.34. The van der Waals surface area contributed by atoms with Gasteiger partial charge in [-0.1, -0.05) is 63.8 Å². The van der Waals surface area contributed by atoms with Crippen LogP contribution in [0.4, 0.5) is 11.4 Å². The maximum atomic E-state index is 4.71. The van der Waals surface area contributed by atoms with Crippen LogP contribution in [0.25, 0.3) is 0 Å². The van der Waals surface area contributed by atoms with Crippen LogP contribution < -0.4 is 0 Å². The average molecular weight is 363 g/mol. The van der Waals surface area contributed by atoms with Gasteiger partial charge in [-0.2, -0.15) is 0 Å². The molecule has 2 heteroatoms. The molecule has 2 rings (SSSR count). The van der Waals surface area contributed by atoms with E-state index < -0.39 is 0 Å². The molecule has 0 aliphatic carbocycles. The van der Waals surface area contributed by atoms with Crippen molar-refractivity contribution in [3.63, 3.8) is 0 Å². The van der Waals surface area contributed by atoms with Crippen molar-refractivity contribution in [1.82, 2.24) is 0 Å². The zero-order valence-electron chi connectivity index (χ0n) is 17.2. The third-order valence-electron chi connectivity index (χ3n) is 4.67. The van der Waals surface area contributed by atoms with Gasteiger partial charge in [0.2, 0.25) is 0 Å². The highest BCUT2D eigenvalue weighted by Gasteiger charge is 1.98. The van der Waals surface area contributed by atoms with Crippen LogP contribution in [0.3, 0.4) is 0 Å². The van der Waals surface area contributed by atoms with Gasteiger partial charge in [0.25, 0.3) is 0 Å². The highest BCUT2D eigenvalue weighted by molar-refractivity contribution is 6.30. The van der Waals surface area contributed by atoms with Crippen LogP contribution in [-0.2, 0) is 12.8 Å². The second-order valence-electron chi connectivity index (χ2n) is 7.27. The Hall–Kier alpha value is -2.22. The SMILES string of the molecule is CCCCCc1cccc(N=CC(C)=Nc2cccc(CCCCC)c2)c1. The van der Waals surface area contributed by atoms with E-state index in [9.17, 15) is 0 Å². The molecule has 0 radical (unpaired) electrons. The van der Waals surface area contributed by atoms with Crippen molar-refractivity contribution in [1.29, 1.82) is 0 Å². The van der Waals surface area contributed by atoms with Crippen molar-refractivity contribution in [3.05, 3.63) is 59.7 Å². The van der Waals surface area contributed by atoms with Gasteiger partial charge in [-0.3, -0.25) is 9.98 Å². The first-order valence-electron chi connectivity index (χ1n) is 10.5. The Balaban J connectivity index is 1.98. The molecular formula is C25H34N2. The Morgan fingerprint density at radius 1 is 0.778 bits per heavy atom. The van der Waals surface area contributed by atoms with Gasteiger partial charge < -0.3 is 0 Å². The Labute approximate surface area is 165 Å². The minimum atomic E-state index is 0.928. The van der Waals surface area contributed by atoms with Gasteiger partial charge in [-0.05, 0) is 68.0 Å². The van der Waals surface area contributed by atoms with Crippen LogP contribution in [0.15, 0.2) is 58.5 Å². The Kier molecular flexibility index (Phi) is 9.54. The molecule has 2 aromatic rings. The minimum Gasteiger partial charge on any atom is -0.255 e. The number of hydrogen-bond acceptors (Lipinski definition) is 2. The molecule has 0 aliphatic heterocycles. The van der Waals surface area contributed by atoms with Crippen LogP contribution in [0.2, 0.25) is 0 Å². The van der Waals surface area contributed by atoms with Crippen molar-refractivity contribution < 1.29 is 0 Å². The molecule has 0 unspecified atom stereocenters. The molecule has 0 fully saturated rings. The molecular weight excluding hydrogens is 328 g/mol. The number of unbranched alkanes of at least 4 members (excludes halogenated alkanes) is 4. The summed E-state index contributed by atoms with van der Waals surface area (Å²) >= 11 is 0. The summed E-state index contributed by atoms with van der Waals surface area (Å²) in [7, 11) is 0. The van der Waals surface area contributed by atoms with Crippen LogP contribution in [0.5, 0.6) is 0 Å². The molecule has 0 aromatic heterocycles. The van der Waals surface area contributed by atoms with E-state index in [-0.39, 0.29) is 0 Å². The maximum absolute atomic E-state index is 4.71. The summed E-state index contributed by atoms with van der Waals surface area (Å²) in [5.41, 5.74) is 5.69. The highest BCUT2D eigenvalue weighted by atomic mass is 14.8. The molecule has 0 saturated heterocycles. The molecule has 0 amide bonds. The van der Waals surface area contributed by atoms with Crippen molar-refractivity contribution >= 4 is 23.3 Å². The van der Waals surface area contributed by atoms with E-state index >= 15 is 0 Å². The molecule has 2 nitrogen and oxygen atoms in total. The predicted octanol–water partition coefficient (Wildman–Crippen LogP) is 7.65. The first-order chi connectivity index (χ1) is 13.2. The first kappa shape index (κ1) is 21.1. The van der Waals surface area contributed by atoms with Crippen LogP contribution in [0.1, 0.15) is 70.4 Å². The van der Waals surface area contributed by atoms with Gasteiger partial charge in [-0.25, -0.2) is 0 Å². The van der Waals surface area contributed by atoms with Crippen molar-refractivity contribution in [2.45, 2.75) is 72.1 Å². The van der Waals surface area contributed by atoms with Crippen molar-refractivity contribution in [3.8, 4) is 0 Å². The lowest BCUT2D eigenvalue weighted by Crippen LogP contribution is -1.92. The molecule has 0 N–H and O–H groups in total. The number of nitrogens with zero attached hydrogens (tertiary/aromatic N) is 2. The number of rotatable bonds is 11. The summed E-state index contributed by atoms with van der Waals surface area (Å²) in [5, 5.41) is 0. The number of hydrogen-bond donors (Lipinski definition) is 0. The molecule has 2 aromatic carbocycles. The van der Waals surface area contributed by atoms with E-state index in [0.29, 0.717) is 0 Å². The fraction of sp³-hybridized carbons (Fsp3) is 0.440. The average Bonchev–Trinajstić information content (AvgIpc) is 2.68. The number of aliphatic imine (C=N–C) groups is 2. The molecule has 0 aliphatic rings. The smallest absolute Gasteiger partial charge is 0.0636 e. The lowest BCUT2D eigenvalue weighted by molar-refractivity contribution is 0.717. The molecule has 0 saturated carbocycles. The standard InChI is InChI=1S/C25H34N2/c1-4-6-8-12-22-14-10-16-24(18-22)26-20-21(3)27-25-17-11-15-23(19-25)13-9-7-5-2/h10-11,14-20H,4-9,12-13H2,1-3H3. The van der Waals surface area contributed by atoms with Crippen molar-refractivity contribution in [2.24, 2.45) is 9.98 Å². The largest absolute Gasteiger partial charge is 0.255 e. The summed E-state index contributed by atoms with van der Waals surface area (Å²) in [6.07, 6.45) is 11.7. The van der Waals surface area contributed by atoms with Gasteiger partial charge in [0, 0.05) is 6.21 Å². The fourth-order valence-electron chi connectivity index (χ4n) is 3.13. The van der Waals surface area contributed by atoms with Gasteiger partial charge >= 0.3 is 0 Å². The lowest BCUT2D eigenvalue weighted by Gasteiger charge is -2.03. The topological polar surface area (TPSA) is 24.7 Å². The van der Waals surface area contributed by atoms with Gasteiger partial charge in [0.1, 0.15) is 0 Å². The Morgan fingerprint density at radius 3 is 1.93 bits per heavy atom. The molecule has 0 bridgehead atoms. The Morgan fingerprint density at radius 2 is 1.33 bits per heavy atom. The van der Waals surface area contributed by atoms with E-state index in [2.05, 4.69) is 67.4 Å². The molecule has 144 valence electrons. The quantitative estimate of drug-likeness (QED) is 0.290. The minimum absolute atomic E-state index is 0.928. The van der Waals surface area contributed by atoms with Gasteiger partial charge in [-0.15, -0.1) is 0 Å². The lowest BCUT2D eigenvalue weighted by atomic mass is 10.1. The maximum Gasteiger partial charge on any atom is 0.0636 e. The van der Waals surface area contributed by atoms with E-state index in [0.717, 1.165) is 29.9 Å². The van der Waals surface area contributed by atoms with Crippen LogP contribution >= 0.6 is 0 Å². The van der Waals surface area contributed by atoms with Gasteiger partial charge in [0.15, 0.2) is 0 Å². The summed E-state index contributed by atoms with van der Waals surface area (Å²) < 4.78 is 0. The monoisotopic (exact) mass is 362 g/mol. The van der Waals surface area contributed by atoms with Crippen molar-refractivity contribution in [2.75, 3.05) is 0 Å². The molecule has 0 spiro atoms. The fourth-order valence-corrected chi connectivity index (χ4v) is 3.13. The van der Waals surface area contributed by atoms with Crippen LogP contribution in [-0.4, -0.2) is 11.9 Å². The molecule has 0 heterocycles. The first-order valence-corrected chi connectivity index (χ1v) is 10.5. The number of benzene rings is 2. The van der Waals surface area contributed by atoms with E-state index in [4.69, 9.17) is 4.99 Å². The summed E-state index contributed by atoms with van der Waals surface area (Å²) in [4.78, 5) is 9.33. The zero-order chi connectivity index (χ0) is 19.3. The van der Waals surface area contributed by atoms with E-state index in [1.165, 1.54) is 49.7 Å². The Bertz CT molecular complexity index is 743. The highest BCUT2D eigenvalue weighted by Crippen LogP contribution is 2.18. The molecule has 0 atom stereocenters. The predicted molar refractivity (Wildman–Crippen MR) is 120 cm³/mol. The van der Waals surface area contributed by atoms with E-state index in [1.807, 2.05) is 13.1 Å². The van der Waals surface area contributed by atoms with E-state index in [1.54, 1.807) is 0 Å². The summed E-state index contributed by atoms with van der Waals surface area (Å²) in [6.45, 7) is 6.49. The second-order valence-corrected chi connectivity index (χ2v) is 7.27. The zero-order valence-corrected chi connectivity index (χ0v) is 17.2. The normalized spacial score (nSPS) is 12.0. The second kappa shape index (κ2) is 12.2. The third-order valence-corrected chi connectivity index (χ3v) is 4.67. The summed E-state index contributed by atoms with van der Waals surface area (Å²) in [6, 6.07) is 17.1. The number of aryl methyl sites for hydroxylation is 2. The van der Waals surface area contributed by atoms with Gasteiger partial charge in [0.05, 0.1) is 17.1 Å². The van der Waals surface area contributed by atoms with Crippen LogP contribution in [0, 0.1) is 0 Å².